The van der Waals surface area contributed by atoms with Crippen LogP contribution in [0.25, 0.3) is 0 Å². The van der Waals surface area contributed by atoms with Crippen LogP contribution in [0.3, 0.4) is 0 Å². The number of hydrogen-bond donors (Lipinski definition) is 1. The lowest BCUT2D eigenvalue weighted by Crippen LogP contribution is -2.15. The summed E-state index contributed by atoms with van der Waals surface area (Å²) in [6.07, 6.45) is 0.425. The second-order valence-electron chi connectivity index (χ2n) is 4.06. The molecule has 1 unspecified atom stereocenters. The van der Waals surface area contributed by atoms with Crippen molar-refractivity contribution in [3.63, 3.8) is 0 Å². The highest BCUT2D eigenvalue weighted by Gasteiger charge is 2.10. The predicted molar refractivity (Wildman–Crippen MR) is 80.4 cm³/mol. The summed E-state index contributed by atoms with van der Waals surface area (Å²) < 4.78 is 0. The predicted octanol–water partition coefficient (Wildman–Crippen LogP) is 4.39. The highest BCUT2D eigenvalue weighted by molar-refractivity contribution is 9.09. The van der Waals surface area contributed by atoms with E-state index in [0.717, 1.165) is 16.8 Å². The average Bonchev–Trinajstić information content (AvgIpc) is 2.82. The van der Waals surface area contributed by atoms with E-state index in [-0.39, 0.29) is 10.7 Å². The third kappa shape index (κ3) is 3.43. The topological polar surface area (TPSA) is 29.1 Å². The summed E-state index contributed by atoms with van der Waals surface area (Å²) in [6, 6.07) is 9.82. The van der Waals surface area contributed by atoms with Crippen LogP contribution in [0, 0.1) is 0 Å². The van der Waals surface area contributed by atoms with Crippen molar-refractivity contribution in [1.29, 1.82) is 0 Å². The van der Waals surface area contributed by atoms with Crippen molar-refractivity contribution in [2.45, 2.75) is 18.2 Å². The summed E-state index contributed by atoms with van der Waals surface area (Å²) in [6.45, 7) is 2.05. The zero-order valence-corrected chi connectivity index (χ0v) is 12.4. The monoisotopic (exact) mass is 323 g/mol. The van der Waals surface area contributed by atoms with Gasteiger partial charge in [-0.2, -0.15) is 11.3 Å². The maximum atomic E-state index is 11.9. The smallest absolute Gasteiger partial charge is 0.228 e. The van der Waals surface area contributed by atoms with Crippen LogP contribution < -0.4 is 5.32 Å². The Kier molecular flexibility index (Phi) is 4.55. The van der Waals surface area contributed by atoms with E-state index in [9.17, 15) is 4.79 Å². The molecule has 1 amide bonds. The molecule has 1 N–H and O–H groups in total. The summed E-state index contributed by atoms with van der Waals surface area (Å²) in [5, 5.41) is 6.95. The number of rotatable bonds is 4. The summed E-state index contributed by atoms with van der Waals surface area (Å²) in [5.74, 6) is 0.0222. The van der Waals surface area contributed by atoms with E-state index in [0.29, 0.717) is 6.42 Å². The SMILES string of the molecule is CC(Br)c1ccccc1NC(=O)Cc1ccsc1. The molecule has 0 bridgehead atoms. The van der Waals surface area contributed by atoms with Crippen LogP contribution in [-0.2, 0) is 11.2 Å². The molecule has 0 aliphatic carbocycles. The molecule has 1 heterocycles. The van der Waals surface area contributed by atoms with Gasteiger partial charge in [0.1, 0.15) is 0 Å². The number of thiophene rings is 1. The maximum absolute atomic E-state index is 11.9. The molecule has 0 aliphatic heterocycles. The molecule has 0 saturated heterocycles. The fraction of sp³-hybridized carbons (Fsp3) is 0.214. The Morgan fingerprint density at radius 3 is 2.83 bits per heavy atom. The number of para-hydroxylation sites is 1. The van der Waals surface area contributed by atoms with Crippen LogP contribution >= 0.6 is 27.3 Å². The van der Waals surface area contributed by atoms with Gasteiger partial charge in [-0.1, -0.05) is 34.1 Å². The second kappa shape index (κ2) is 6.16. The van der Waals surface area contributed by atoms with Gasteiger partial charge in [-0.25, -0.2) is 0 Å². The van der Waals surface area contributed by atoms with Crippen molar-refractivity contribution >= 4 is 38.9 Å². The minimum Gasteiger partial charge on any atom is -0.326 e. The molecule has 2 nitrogen and oxygen atoms in total. The molecular weight excluding hydrogens is 310 g/mol. The maximum Gasteiger partial charge on any atom is 0.228 e. The van der Waals surface area contributed by atoms with Gasteiger partial charge in [0.2, 0.25) is 5.91 Å². The molecule has 0 spiro atoms. The first-order valence-corrected chi connectivity index (χ1v) is 7.56. The first-order valence-electron chi connectivity index (χ1n) is 5.70. The van der Waals surface area contributed by atoms with Gasteiger partial charge in [0, 0.05) is 10.5 Å². The number of carbonyl (C=O) groups excluding carboxylic acids is 1. The van der Waals surface area contributed by atoms with Crippen LogP contribution in [0.1, 0.15) is 22.9 Å². The summed E-state index contributed by atoms with van der Waals surface area (Å²) in [4.78, 5) is 12.2. The van der Waals surface area contributed by atoms with Gasteiger partial charge >= 0.3 is 0 Å². The molecule has 2 aromatic rings. The lowest BCUT2D eigenvalue weighted by atomic mass is 10.1. The standard InChI is InChI=1S/C14H14BrNOS/c1-10(15)12-4-2-3-5-13(12)16-14(17)8-11-6-7-18-9-11/h2-7,9-10H,8H2,1H3,(H,16,17). The van der Waals surface area contributed by atoms with Crippen LogP contribution in [-0.4, -0.2) is 5.91 Å². The van der Waals surface area contributed by atoms with Gasteiger partial charge < -0.3 is 5.32 Å². The first-order chi connectivity index (χ1) is 8.66. The lowest BCUT2D eigenvalue weighted by Gasteiger charge is -2.12. The summed E-state index contributed by atoms with van der Waals surface area (Å²) in [7, 11) is 0. The van der Waals surface area contributed by atoms with E-state index >= 15 is 0 Å². The molecule has 0 radical (unpaired) electrons. The minimum absolute atomic E-state index is 0.0222. The number of nitrogens with one attached hydrogen (secondary N) is 1. The number of hydrogen-bond acceptors (Lipinski definition) is 2. The second-order valence-corrected chi connectivity index (χ2v) is 6.21. The molecule has 0 fully saturated rings. The molecule has 0 aliphatic rings. The third-order valence-corrected chi connectivity index (χ3v) is 3.83. The Morgan fingerprint density at radius 1 is 1.39 bits per heavy atom. The molecule has 1 aromatic carbocycles. The highest BCUT2D eigenvalue weighted by Crippen LogP contribution is 2.28. The van der Waals surface area contributed by atoms with Crippen LogP contribution in [0.15, 0.2) is 41.1 Å². The normalized spacial score (nSPS) is 12.1. The number of anilines is 1. The van der Waals surface area contributed by atoms with E-state index in [1.807, 2.05) is 48.0 Å². The number of carbonyl (C=O) groups is 1. The molecular formula is C14H14BrNOS. The van der Waals surface area contributed by atoms with Gasteiger partial charge in [0.25, 0.3) is 0 Å². The number of alkyl halides is 1. The van der Waals surface area contributed by atoms with Crippen molar-refractivity contribution in [2.75, 3.05) is 5.32 Å². The molecule has 94 valence electrons. The van der Waals surface area contributed by atoms with Crippen LogP contribution in [0.5, 0.6) is 0 Å². The van der Waals surface area contributed by atoms with Crippen molar-refractivity contribution in [1.82, 2.24) is 0 Å². The Morgan fingerprint density at radius 2 is 2.17 bits per heavy atom. The molecule has 2 rings (SSSR count). The Labute approximate surface area is 119 Å². The molecule has 0 saturated carbocycles. The van der Waals surface area contributed by atoms with Gasteiger partial charge in [-0.3, -0.25) is 4.79 Å². The largest absolute Gasteiger partial charge is 0.326 e. The van der Waals surface area contributed by atoms with Crippen molar-refractivity contribution in [3.8, 4) is 0 Å². The van der Waals surface area contributed by atoms with E-state index in [1.54, 1.807) is 11.3 Å². The van der Waals surface area contributed by atoms with Gasteiger partial charge in [-0.05, 0) is 40.9 Å². The zero-order chi connectivity index (χ0) is 13.0. The van der Waals surface area contributed by atoms with Gasteiger partial charge in [0.05, 0.1) is 6.42 Å². The molecule has 18 heavy (non-hydrogen) atoms. The van der Waals surface area contributed by atoms with Gasteiger partial charge in [-0.15, -0.1) is 0 Å². The fourth-order valence-corrected chi connectivity index (χ4v) is 2.80. The number of amides is 1. The fourth-order valence-electron chi connectivity index (χ4n) is 1.73. The third-order valence-electron chi connectivity index (χ3n) is 2.61. The van der Waals surface area contributed by atoms with E-state index < -0.39 is 0 Å². The quantitative estimate of drug-likeness (QED) is 0.831. The van der Waals surface area contributed by atoms with E-state index in [2.05, 4.69) is 21.2 Å². The van der Waals surface area contributed by atoms with Crippen LogP contribution in [0.2, 0.25) is 0 Å². The highest BCUT2D eigenvalue weighted by atomic mass is 79.9. The van der Waals surface area contributed by atoms with Crippen molar-refractivity contribution in [3.05, 3.63) is 52.2 Å². The van der Waals surface area contributed by atoms with Crippen molar-refractivity contribution in [2.24, 2.45) is 0 Å². The zero-order valence-electron chi connectivity index (χ0n) is 10.0. The number of benzene rings is 1. The summed E-state index contributed by atoms with van der Waals surface area (Å²) >= 11 is 5.14. The average molecular weight is 324 g/mol. The Hall–Kier alpha value is -1.13. The Balaban J connectivity index is 2.07. The summed E-state index contributed by atoms with van der Waals surface area (Å²) in [5.41, 5.74) is 3.03. The lowest BCUT2D eigenvalue weighted by molar-refractivity contribution is -0.115. The minimum atomic E-state index is 0.0222. The number of halogens is 1. The van der Waals surface area contributed by atoms with E-state index in [4.69, 9.17) is 0 Å². The Bertz CT molecular complexity index is 522. The molecule has 4 heteroatoms. The van der Waals surface area contributed by atoms with Crippen molar-refractivity contribution < 1.29 is 4.79 Å². The van der Waals surface area contributed by atoms with Crippen LogP contribution in [0.4, 0.5) is 5.69 Å². The molecule has 1 atom stereocenters. The van der Waals surface area contributed by atoms with Gasteiger partial charge in [0.15, 0.2) is 0 Å². The first kappa shape index (κ1) is 13.3. The molecule has 1 aromatic heterocycles. The van der Waals surface area contributed by atoms with E-state index in [1.165, 1.54) is 0 Å².